The molecule has 2 rings (SSSR count). The first-order valence-electron chi connectivity index (χ1n) is 6.41. The van der Waals surface area contributed by atoms with Crippen molar-refractivity contribution in [3.63, 3.8) is 0 Å². The van der Waals surface area contributed by atoms with E-state index in [0.29, 0.717) is 25.2 Å². The van der Waals surface area contributed by atoms with Gasteiger partial charge in [-0.15, -0.1) is 12.4 Å². The molecule has 1 saturated heterocycles. The van der Waals surface area contributed by atoms with Crippen LogP contribution in [0.3, 0.4) is 0 Å². The Balaban J connectivity index is 0.00000200. The fraction of sp³-hybridized carbons (Fsp3) is 0.538. The summed E-state index contributed by atoms with van der Waals surface area (Å²) in [5, 5.41) is 0. The highest BCUT2D eigenvalue weighted by atomic mass is 35.5. The van der Waals surface area contributed by atoms with Gasteiger partial charge < -0.3 is 5.73 Å². The first-order valence-corrected chi connectivity index (χ1v) is 7.85. The first-order chi connectivity index (χ1) is 8.95. The Hall–Kier alpha value is -0.690. The summed E-state index contributed by atoms with van der Waals surface area (Å²) in [6, 6.07) is 4.04. The van der Waals surface area contributed by atoms with Crippen molar-refractivity contribution in [2.24, 2.45) is 11.7 Å². The van der Waals surface area contributed by atoms with E-state index < -0.39 is 15.8 Å². The van der Waals surface area contributed by atoms with Crippen molar-refractivity contribution in [2.45, 2.75) is 24.7 Å². The molecule has 0 radical (unpaired) electrons. The summed E-state index contributed by atoms with van der Waals surface area (Å²) in [6.45, 7) is 2.99. The molecular formula is C13H20ClFN2O2S. The van der Waals surface area contributed by atoms with Crippen LogP contribution in [0.2, 0.25) is 0 Å². The lowest BCUT2D eigenvalue weighted by molar-refractivity contribution is 0.271. The lowest BCUT2D eigenvalue weighted by atomic mass is 10.0. The van der Waals surface area contributed by atoms with Crippen LogP contribution in [0.5, 0.6) is 0 Å². The number of hydrogen-bond donors (Lipinski definition) is 1. The number of hydrogen-bond acceptors (Lipinski definition) is 3. The Kier molecular flexibility index (Phi) is 5.94. The molecular weight excluding hydrogens is 303 g/mol. The second-order valence-corrected chi connectivity index (χ2v) is 6.96. The van der Waals surface area contributed by atoms with Crippen LogP contribution in [0.25, 0.3) is 0 Å². The van der Waals surface area contributed by atoms with E-state index in [2.05, 4.69) is 0 Å². The normalized spacial score (nSPS) is 20.4. The molecule has 1 aliphatic heterocycles. The van der Waals surface area contributed by atoms with Gasteiger partial charge in [-0.2, -0.15) is 4.31 Å². The van der Waals surface area contributed by atoms with Crippen LogP contribution >= 0.6 is 12.4 Å². The number of nitrogens with two attached hydrogens (primary N) is 1. The van der Waals surface area contributed by atoms with Crippen molar-refractivity contribution in [2.75, 3.05) is 19.6 Å². The summed E-state index contributed by atoms with van der Waals surface area (Å²) < 4.78 is 39.8. The second kappa shape index (κ2) is 6.85. The molecule has 0 aliphatic carbocycles. The molecule has 1 atom stereocenters. The van der Waals surface area contributed by atoms with Gasteiger partial charge in [-0.05, 0) is 49.9 Å². The zero-order valence-electron chi connectivity index (χ0n) is 11.4. The van der Waals surface area contributed by atoms with E-state index in [0.717, 1.165) is 18.9 Å². The predicted molar refractivity (Wildman–Crippen MR) is 78.9 cm³/mol. The lowest BCUT2D eigenvalue weighted by Crippen LogP contribution is -2.41. The highest BCUT2D eigenvalue weighted by molar-refractivity contribution is 7.89. The summed E-state index contributed by atoms with van der Waals surface area (Å²) in [6.07, 6.45) is 1.75. The smallest absolute Gasteiger partial charge is 0.243 e. The summed E-state index contributed by atoms with van der Waals surface area (Å²) in [5.74, 6) is -0.299. The van der Waals surface area contributed by atoms with Gasteiger partial charge in [0.25, 0.3) is 0 Å². The molecule has 1 aromatic carbocycles. The Morgan fingerprint density at radius 1 is 1.45 bits per heavy atom. The highest BCUT2D eigenvalue weighted by Gasteiger charge is 2.29. The minimum absolute atomic E-state index is 0. The third kappa shape index (κ3) is 3.49. The van der Waals surface area contributed by atoms with Gasteiger partial charge in [-0.1, -0.05) is 6.07 Å². The number of nitrogens with zero attached hydrogens (tertiary/aromatic N) is 1. The van der Waals surface area contributed by atoms with Gasteiger partial charge in [-0.3, -0.25) is 0 Å². The Morgan fingerprint density at radius 3 is 2.75 bits per heavy atom. The summed E-state index contributed by atoms with van der Waals surface area (Å²) >= 11 is 0. The SMILES string of the molecule is Cc1ccc(S(=O)(=O)N2CCCC(CN)C2)cc1F.Cl. The van der Waals surface area contributed by atoms with Crippen molar-refractivity contribution >= 4 is 22.4 Å². The largest absolute Gasteiger partial charge is 0.330 e. The third-order valence-corrected chi connectivity index (χ3v) is 5.46. The van der Waals surface area contributed by atoms with Crippen LogP contribution in [0, 0.1) is 18.7 Å². The van der Waals surface area contributed by atoms with Crippen LogP contribution in [0.1, 0.15) is 18.4 Å². The van der Waals surface area contributed by atoms with E-state index in [4.69, 9.17) is 5.73 Å². The van der Waals surface area contributed by atoms with Gasteiger partial charge >= 0.3 is 0 Å². The minimum atomic E-state index is -3.61. The van der Waals surface area contributed by atoms with Crippen molar-refractivity contribution < 1.29 is 12.8 Å². The average molecular weight is 323 g/mol. The molecule has 0 amide bonds. The Bertz CT molecular complexity index is 565. The number of sulfonamides is 1. The van der Waals surface area contributed by atoms with Gasteiger partial charge in [0.1, 0.15) is 5.82 Å². The molecule has 1 unspecified atom stereocenters. The van der Waals surface area contributed by atoms with Crippen LogP contribution in [0.4, 0.5) is 4.39 Å². The van der Waals surface area contributed by atoms with Crippen LogP contribution in [0.15, 0.2) is 23.1 Å². The summed E-state index contributed by atoms with van der Waals surface area (Å²) in [5.41, 5.74) is 6.05. The van der Waals surface area contributed by atoms with Gasteiger partial charge in [0.05, 0.1) is 4.90 Å². The number of aryl methyl sites for hydroxylation is 1. The van der Waals surface area contributed by atoms with E-state index in [1.54, 1.807) is 6.92 Å². The number of rotatable bonds is 3. The molecule has 1 aliphatic rings. The molecule has 114 valence electrons. The maximum absolute atomic E-state index is 13.5. The fourth-order valence-electron chi connectivity index (χ4n) is 2.32. The molecule has 0 saturated carbocycles. The highest BCUT2D eigenvalue weighted by Crippen LogP contribution is 2.24. The average Bonchev–Trinajstić information content (AvgIpc) is 2.41. The minimum Gasteiger partial charge on any atom is -0.330 e. The first kappa shape index (κ1) is 17.4. The number of benzene rings is 1. The molecule has 1 fully saturated rings. The molecule has 4 nitrogen and oxygen atoms in total. The maximum atomic E-state index is 13.5. The van der Waals surface area contributed by atoms with E-state index in [9.17, 15) is 12.8 Å². The van der Waals surface area contributed by atoms with E-state index in [-0.39, 0.29) is 23.2 Å². The lowest BCUT2D eigenvalue weighted by Gasteiger charge is -2.31. The molecule has 0 bridgehead atoms. The Labute approximate surface area is 125 Å². The van der Waals surface area contributed by atoms with Crippen molar-refractivity contribution in [3.8, 4) is 0 Å². The number of halogens is 2. The predicted octanol–water partition coefficient (Wildman–Crippen LogP) is 1.92. The zero-order chi connectivity index (χ0) is 14.0. The van der Waals surface area contributed by atoms with E-state index in [1.165, 1.54) is 16.4 Å². The van der Waals surface area contributed by atoms with Crippen molar-refractivity contribution in [3.05, 3.63) is 29.6 Å². The second-order valence-electron chi connectivity index (χ2n) is 5.02. The molecule has 7 heteroatoms. The van der Waals surface area contributed by atoms with Gasteiger partial charge in [0.2, 0.25) is 10.0 Å². The van der Waals surface area contributed by atoms with Crippen LogP contribution < -0.4 is 5.73 Å². The van der Waals surface area contributed by atoms with Gasteiger partial charge in [-0.25, -0.2) is 12.8 Å². The van der Waals surface area contributed by atoms with Crippen LogP contribution in [-0.2, 0) is 10.0 Å². The zero-order valence-corrected chi connectivity index (χ0v) is 13.0. The fourth-order valence-corrected chi connectivity index (χ4v) is 3.89. The molecule has 1 heterocycles. The number of piperidine rings is 1. The monoisotopic (exact) mass is 322 g/mol. The van der Waals surface area contributed by atoms with E-state index >= 15 is 0 Å². The van der Waals surface area contributed by atoms with Crippen LogP contribution in [-0.4, -0.2) is 32.4 Å². The van der Waals surface area contributed by atoms with Gasteiger partial charge in [0.15, 0.2) is 0 Å². The quantitative estimate of drug-likeness (QED) is 0.924. The molecule has 2 N–H and O–H groups in total. The molecule has 20 heavy (non-hydrogen) atoms. The Morgan fingerprint density at radius 2 is 2.15 bits per heavy atom. The molecule has 0 spiro atoms. The van der Waals surface area contributed by atoms with Crippen molar-refractivity contribution in [1.82, 2.24) is 4.31 Å². The third-order valence-electron chi connectivity index (χ3n) is 3.60. The summed E-state index contributed by atoms with van der Waals surface area (Å²) in [7, 11) is -3.61. The van der Waals surface area contributed by atoms with E-state index in [1.807, 2.05) is 0 Å². The topological polar surface area (TPSA) is 63.4 Å². The molecule has 0 aromatic heterocycles. The standard InChI is InChI=1S/C13H19FN2O2S.ClH/c1-10-4-5-12(7-13(10)14)19(17,18)16-6-2-3-11(8-15)9-16;/h4-5,7,11H,2-3,6,8-9,15H2,1H3;1H. The molecule has 1 aromatic rings. The maximum Gasteiger partial charge on any atom is 0.243 e. The summed E-state index contributed by atoms with van der Waals surface area (Å²) in [4.78, 5) is 0.0215. The van der Waals surface area contributed by atoms with Crippen molar-refractivity contribution in [1.29, 1.82) is 0 Å². The van der Waals surface area contributed by atoms with Gasteiger partial charge in [0, 0.05) is 13.1 Å².